The van der Waals surface area contributed by atoms with E-state index in [1.54, 1.807) is 6.08 Å². The van der Waals surface area contributed by atoms with Gasteiger partial charge in [-0.25, -0.2) is 0 Å². The number of unbranched alkanes of at least 4 members (excludes halogenated alkanes) is 2. The van der Waals surface area contributed by atoms with Gasteiger partial charge in [-0.3, -0.25) is 0 Å². The third-order valence-corrected chi connectivity index (χ3v) is 2.17. The summed E-state index contributed by atoms with van der Waals surface area (Å²) in [5.41, 5.74) is 0. The molecule has 0 aromatic rings. The zero-order valence-corrected chi connectivity index (χ0v) is 8.91. The van der Waals surface area contributed by atoms with Crippen molar-refractivity contribution in [2.24, 2.45) is 0 Å². The van der Waals surface area contributed by atoms with Gasteiger partial charge in [0, 0.05) is 13.0 Å². The maximum Gasteiger partial charge on any atom is 0.179 e. The summed E-state index contributed by atoms with van der Waals surface area (Å²) in [7, 11) is 0. The van der Waals surface area contributed by atoms with Crippen LogP contribution < -0.4 is 0 Å². The number of hydrogen-bond acceptors (Lipinski definition) is 3. The first-order chi connectivity index (χ1) is 6.86. The van der Waals surface area contributed by atoms with E-state index in [0.717, 1.165) is 19.4 Å². The van der Waals surface area contributed by atoms with Crippen molar-refractivity contribution in [3.63, 3.8) is 0 Å². The molecule has 0 radical (unpaired) electrons. The third-order valence-electron chi connectivity index (χ3n) is 2.17. The van der Waals surface area contributed by atoms with Gasteiger partial charge in [0.2, 0.25) is 0 Å². The first kappa shape index (κ1) is 11.7. The van der Waals surface area contributed by atoms with Crippen molar-refractivity contribution in [2.75, 3.05) is 13.2 Å². The zero-order valence-electron chi connectivity index (χ0n) is 8.91. The first-order valence-electron chi connectivity index (χ1n) is 5.38. The van der Waals surface area contributed by atoms with Crippen molar-refractivity contribution < 1.29 is 14.2 Å². The van der Waals surface area contributed by atoms with Gasteiger partial charge in [0.15, 0.2) is 12.6 Å². The third kappa shape index (κ3) is 4.22. The van der Waals surface area contributed by atoms with Crippen molar-refractivity contribution in [2.45, 2.75) is 45.2 Å². The number of ether oxygens (including phenoxy) is 3. The Balaban J connectivity index is 2.08. The standard InChI is InChI=1S/C11H20O3/c1-3-5-6-8-12-11-7-9-13-10(4-2)14-11/h4,10-11H,2-3,5-9H2,1H3. The van der Waals surface area contributed by atoms with Crippen LogP contribution in [0, 0.1) is 0 Å². The molecule has 2 unspecified atom stereocenters. The molecule has 82 valence electrons. The Kier molecular flexibility index (Phi) is 5.83. The zero-order chi connectivity index (χ0) is 10.2. The maximum atomic E-state index is 5.57. The van der Waals surface area contributed by atoms with Gasteiger partial charge in [-0.1, -0.05) is 26.3 Å². The highest BCUT2D eigenvalue weighted by atomic mass is 16.8. The summed E-state index contributed by atoms with van der Waals surface area (Å²) in [6, 6.07) is 0. The summed E-state index contributed by atoms with van der Waals surface area (Å²) < 4.78 is 16.3. The monoisotopic (exact) mass is 200 g/mol. The molecule has 1 aliphatic heterocycles. The summed E-state index contributed by atoms with van der Waals surface area (Å²) in [5.74, 6) is 0. The molecule has 1 rings (SSSR count). The van der Waals surface area contributed by atoms with Crippen molar-refractivity contribution in [1.82, 2.24) is 0 Å². The first-order valence-corrected chi connectivity index (χ1v) is 5.38. The Morgan fingerprint density at radius 3 is 3.07 bits per heavy atom. The lowest BCUT2D eigenvalue weighted by atomic mass is 10.3. The van der Waals surface area contributed by atoms with Crippen LogP contribution in [0.2, 0.25) is 0 Å². The highest BCUT2D eigenvalue weighted by Gasteiger charge is 2.20. The summed E-state index contributed by atoms with van der Waals surface area (Å²) in [4.78, 5) is 0. The van der Waals surface area contributed by atoms with Crippen molar-refractivity contribution in [3.8, 4) is 0 Å². The van der Waals surface area contributed by atoms with Gasteiger partial charge in [-0.2, -0.15) is 0 Å². The van der Waals surface area contributed by atoms with E-state index >= 15 is 0 Å². The minimum Gasteiger partial charge on any atom is -0.352 e. The molecular weight excluding hydrogens is 180 g/mol. The van der Waals surface area contributed by atoms with Gasteiger partial charge >= 0.3 is 0 Å². The molecule has 3 nitrogen and oxygen atoms in total. The maximum absolute atomic E-state index is 5.57. The molecular formula is C11H20O3. The Hall–Kier alpha value is -0.380. The smallest absolute Gasteiger partial charge is 0.179 e. The second-order valence-corrected chi connectivity index (χ2v) is 3.41. The summed E-state index contributed by atoms with van der Waals surface area (Å²) in [6.07, 6.45) is 5.61. The molecule has 0 bridgehead atoms. The summed E-state index contributed by atoms with van der Waals surface area (Å²) in [6.45, 7) is 7.27. The largest absolute Gasteiger partial charge is 0.352 e. The average Bonchev–Trinajstić information content (AvgIpc) is 2.25. The fraction of sp³-hybridized carbons (Fsp3) is 0.818. The van der Waals surface area contributed by atoms with Gasteiger partial charge in [-0.15, -0.1) is 0 Å². The number of rotatable bonds is 6. The second-order valence-electron chi connectivity index (χ2n) is 3.41. The Morgan fingerprint density at radius 1 is 1.50 bits per heavy atom. The molecule has 0 aromatic heterocycles. The Labute approximate surface area is 86.0 Å². The van der Waals surface area contributed by atoms with E-state index < -0.39 is 0 Å². The number of hydrogen-bond donors (Lipinski definition) is 0. The van der Waals surface area contributed by atoms with Gasteiger partial charge in [0.1, 0.15) is 0 Å². The second kappa shape index (κ2) is 6.98. The fourth-order valence-corrected chi connectivity index (χ4v) is 1.35. The highest BCUT2D eigenvalue weighted by molar-refractivity contribution is 4.74. The molecule has 14 heavy (non-hydrogen) atoms. The van der Waals surface area contributed by atoms with Crippen LogP contribution in [0.5, 0.6) is 0 Å². The van der Waals surface area contributed by atoms with Crippen LogP contribution in [0.15, 0.2) is 12.7 Å². The van der Waals surface area contributed by atoms with Crippen LogP contribution in [0.25, 0.3) is 0 Å². The van der Waals surface area contributed by atoms with Crippen LogP contribution in [-0.2, 0) is 14.2 Å². The molecule has 2 atom stereocenters. The van der Waals surface area contributed by atoms with E-state index in [2.05, 4.69) is 13.5 Å². The average molecular weight is 200 g/mol. The topological polar surface area (TPSA) is 27.7 Å². The van der Waals surface area contributed by atoms with Gasteiger partial charge in [0.05, 0.1) is 6.61 Å². The van der Waals surface area contributed by atoms with Crippen LogP contribution in [0.1, 0.15) is 32.6 Å². The molecule has 0 spiro atoms. The van der Waals surface area contributed by atoms with E-state index in [-0.39, 0.29) is 12.6 Å². The van der Waals surface area contributed by atoms with Crippen molar-refractivity contribution >= 4 is 0 Å². The van der Waals surface area contributed by atoms with Crippen molar-refractivity contribution in [3.05, 3.63) is 12.7 Å². The van der Waals surface area contributed by atoms with Crippen LogP contribution in [0.4, 0.5) is 0 Å². The van der Waals surface area contributed by atoms with Gasteiger partial charge in [0.25, 0.3) is 0 Å². The molecule has 0 aromatic carbocycles. The lowest BCUT2D eigenvalue weighted by molar-refractivity contribution is -0.267. The van der Waals surface area contributed by atoms with Crippen LogP contribution in [-0.4, -0.2) is 25.8 Å². The molecule has 1 aliphatic rings. The highest BCUT2D eigenvalue weighted by Crippen LogP contribution is 2.14. The lowest BCUT2D eigenvalue weighted by Gasteiger charge is -2.28. The SMILES string of the molecule is C=CC1OCCC(OCCCCC)O1. The van der Waals surface area contributed by atoms with Crippen LogP contribution >= 0.6 is 0 Å². The van der Waals surface area contributed by atoms with E-state index in [9.17, 15) is 0 Å². The summed E-state index contributed by atoms with van der Waals surface area (Å²) >= 11 is 0. The minimum absolute atomic E-state index is 0.108. The van der Waals surface area contributed by atoms with Gasteiger partial charge in [-0.05, 0) is 12.5 Å². The van der Waals surface area contributed by atoms with Gasteiger partial charge < -0.3 is 14.2 Å². The van der Waals surface area contributed by atoms with Crippen LogP contribution in [0.3, 0.4) is 0 Å². The lowest BCUT2D eigenvalue weighted by Crippen LogP contribution is -2.32. The fourth-order valence-electron chi connectivity index (χ4n) is 1.35. The Morgan fingerprint density at radius 2 is 2.36 bits per heavy atom. The van der Waals surface area contributed by atoms with E-state index in [1.807, 2.05) is 0 Å². The molecule has 1 saturated heterocycles. The van der Waals surface area contributed by atoms with Crippen molar-refractivity contribution in [1.29, 1.82) is 0 Å². The predicted molar refractivity (Wildman–Crippen MR) is 54.9 cm³/mol. The molecule has 1 heterocycles. The molecule has 0 aliphatic carbocycles. The molecule has 0 saturated carbocycles. The summed E-state index contributed by atoms with van der Waals surface area (Å²) in [5, 5.41) is 0. The minimum atomic E-state index is -0.292. The molecule has 0 N–H and O–H groups in total. The quantitative estimate of drug-likeness (QED) is 0.487. The van der Waals surface area contributed by atoms with E-state index in [1.165, 1.54) is 12.8 Å². The Bertz CT molecular complexity index is 159. The normalized spacial score (nSPS) is 27.5. The predicted octanol–water partition coefficient (Wildman–Crippen LogP) is 2.47. The van der Waals surface area contributed by atoms with E-state index in [4.69, 9.17) is 14.2 Å². The molecule has 1 fully saturated rings. The van der Waals surface area contributed by atoms with E-state index in [0.29, 0.717) is 6.61 Å². The molecule has 0 amide bonds. The molecule has 3 heteroatoms.